The van der Waals surface area contributed by atoms with Crippen molar-refractivity contribution in [3.8, 4) is 0 Å². The molecule has 0 aliphatic carbocycles. The van der Waals surface area contributed by atoms with E-state index in [1.54, 1.807) is 12.1 Å². The average molecular weight is 394 g/mol. The predicted molar refractivity (Wildman–Crippen MR) is 99.3 cm³/mol. The predicted octanol–water partition coefficient (Wildman–Crippen LogP) is 1.81. The number of hydrogen-bond acceptors (Lipinski definition) is 5. The maximum absolute atomic E-state index is 12.7. The Hall–Kier alpha value is -2.65. The first-order chi connectivity index (χ1) is 12.2. The van der Waals surface area contributed by atoms with Gasteiger partial charge in [-0.05, 0) is 24.3 Å². The van der Waals surface area contributed by atoms with E-state index < -0.39 is 25.8 Å². The maximum Gasteiger partial charge on any atom is 0.263 e. The molecule has 7 nitrogen and oxygen atoms in total. The van der Waals surface area contributed by atoms with E-state index in [0.717, 1.165) is 6.26 Å². The number of carbonyl (C=O) groups excluding carboxylic acids is 1. The number of sulfonamides is 1. The van der Waals surface area contributed by atoms with Gasteiger partial charge in [0, 0.05) is 12.8 Å². The highest BCUT2D eigenvalue weighted by molar-refractivity contribution is 7.95. The first-order valence-electron chi connectivity index (χ1n) is 7.47. The summed E-state index contributed by atoms with van der Waals surface area (Å²) < 4.78 is 51.5. The van der Waals surface area contributed by atoms with E-state index in [1.807, 2.05) is 0 Å². The molecular formula is C17H18N2O5S2. The molecule has 26 heavy (non-hydrogen) atoms. The van der Waals surface area contributed by atoms with Crippen molar-refractivity contribution in [3.05, 3.63) is 66.7 Å². The molecule has 0 unspecified atom stereocenters. The lowest BCUT2D eigenvalue weighted by molar-refractivity contribution is 0.0959. The molecule has 0 aliphatic heterocycles. The fourth-order valence-electron chi connectivity index (χ4n) is 2.21. The number of rotatable bonds is 7. The van der Waals surface area contributed by atoms with Crippen LogP contribution in [-0.2, 0) is 19.9 Å². The highest BCUT2D eigenvalue weighted by atomic mass is 32.2. The third kappa shape index (κ3) is 4.50. The SMILES string of the molecule is C=CCNC(=O)c1ccccc1NS(=O)(=O)c1ccccc1S(C)(=O)=O. The number of anilines is 1. The summed E-state index contributed by atoms with van der Waals surface area (Å²) >= 11 is 0. The van der Waals surface area contributed by atoms with E-state index in [9.17, 15) is 21.6 Å². The highest BCUT2D eigenvalue weighted by Gasteiger charge is 2.25. The second kappa shape index (κ2) is 7.71. The largest absolute Gasteiger partial charge is 0.349 e. The topological polar surface area (TPSA) is 109 Å². The normalized spacial score (nSPS) is 11.6. The van der Waals surface area contributed by atoms with Crippen LogP contribution in [0.5, 0.6) is 0 Å². The maximum atomic E-state index is 12.7. The molecule has 0 aromatic heterocycles. The molecule has 2 N–H and O–H groups in total. The van der Waals surface area contributed by atoms with Gasteiger partial charge in [0.25, 0.3) is 15.9 Å². The van der Waals surface area contributed by atoms with Crippen molar-refractivity contribution in [2.75, 3.05) is 17.5 Å². The van der Waals surface area contributed by atoms with Gasteiger partial charge in [-0.3, -0.25) is 9.52 Å². The van der Waals surface area contributed by atoms with Crippen LogP contribution in [0.3, 0.4) is 0 Å². The summed E-state index contributed by atoms with van der Waals surface area (Å²) in [6, 6.07) is 11.3. The summed E-state index contributed by atoms with van der Waals surface area (Å²) in [4.78, 5) is 11.5. The van der Waals surface area contributed by atoms with Crippen molar-refractivity contribution in [1.82, 2.24) is 5.32 Å². The lowest BCUT2D eigenvalue weighted by Gasteiger charge is -2.14. The third-order valence-electron chi connectivity index (χ3n) is 3.36. The van der Waals surface area contributed by atoms with E-state index in [4.69, 9.17) is 0 Å². The van der Waals surface area contributed by atoms with E-state index in [1.165, 1.54) is 42.5 Å². The average Bonchev–Trinajstić information content (AvgIpc) is 2.59. The lowest BCUT2D eigenvalue weighted by Crippen LogP contribution is -2.25. The van der Waals surface area contributed by atoms with Crippen molar-refractivity contribution in [2.24, 2.45) is 0 Å². The van der Waals surface area contributed by atoms with Gasteiger partial charge in [-0.15, -0.1) is 6.58 Å². The minimum Gasteiger partial charge on any atom is -0.349 e. The van der Waals surface area contributed by atoms with Crippen LogP contribution in [-0.4, -0.2) is 35.5 Å². The molecule has 2 aromatic rings. The van der Waals surface area contributed by atoms with Crippen LogP contribution in [0.25, 0.3) is 0 Å². The molecule has 0 saturated carbocycles. The van der Waals surface area contributed by atoms with Gasteiger partial charge < -0.3 is 5.32 Å². The van der Waals surface area contributed by atoms with Gasteiger partial charge in [-0.1, -0.05) is 30.3 Å². The standard InChI is InChI=1S/C17H18N2O5S2/c1-3-12-18-17(20)13-8-4-5-9-14(13)19-26(23,24)16-11-7-6-10-15(16)25(2,21)22/h3-11,19H,1,12H2,2H3,(H,18,20). The van der Waals surface area contributed by atoms with Crippen LogP contribution in [0.4, 0.5) is 5.69 Å². The summed E-state index contributed by atoms with van der Waals surface area (Å²) in [5, 5.41) is 2.56. The molecule has 0 atom stereocenters. The number of sulfone groups is 1. The zero-order chi connectivity index (χ0) is 19.4. The van der Waals surface area contributed by atoms with Crippen LogP contribution in [0.2, 0.25) is 0 Å². The van der Waals surface area contributed by atoms with Gasteiger partial charge in [0.2, 0.25) is 0 Å². The Balaban J connectivity index is 2.47. The first kappa shape index (κ1) is 19.7. The quantitative estimate of drug-likeness (QED) is 0.696. The lowest BCUT2D eigenvalue weighted by atomic mass is 10.1. The molecule has 0 fully saturated rings. The molecular weight excluding hydrogens is 376 g/mol. The van der Waals surface area contributed by atoms with Crippen LogP contribution in [0, 0.1) is 0 Å². The Morgan fingerprint density at radius 3 is 2.19 bits per heavy atom. The number of benzene rings is 2. The number of para-hydroxylation sites is 1. The molecule has 0 heterocycles. The van der Waals surface area contributed by atoms with E-state index >= 15 is 0 Å². The zero-order valence-electron chi connectivity index (χ0n) is 14.0. The summed E-state index contributed by atoms with van der Waals surface area (Å²) in [5.41, 5.74) is 0.145. The van der Waals surface area contributed by atoms with Crippen LogP contribution >= 0.6 is 0 Å². The summed E-state index contributed by atoms with van der Waals surface area (Å²) in [6.07, 6.45) is 2.42. The van der Waals surface area contributed by atoms with Crippen LogP contribution < -0.4 is 10.0 Å². The molecule has 2 aromatic carbocycles. The molecule has 0 radical (unpaired) electrons. The molecule has 0 spiro atoms. The minimum absolute atomic E-state index is 0.0392. The Bertz CT molecular complexity index is 1040. The third-order valence-corrected chi connectivity index (χ3v) is 6.07. The molecule has 1 amide bonds. The van der Waals surface area contributed by atoms with Gasteiger partial charge in [0.15, 0.2) is 9.84 Å². The highest BCUT2D eigenvalue weighted by Crippen LogP contribution is 2.25. The fraction of sp³-hybridized carbons (Fsp3) is 0.118. The Morgan fingerprint density at radius 1 is 1.00 bits per heavy atom. The van der Waals surface area contributed by atoms with Gasteiger partial charge in [-0.25, -0.2) is 16.8 Å². The van der Waals surface area contributed by atoms with E-state index in [0.29, 0.717) is 0 Å². The smallest absolute Gasteiger partial charge is 0.263 e. The molecule has 0 aliphatic rings. The Labute approximate surface area is 152 Å². The molecule has 0 saturated heterocycles. The van der Waals surface area contributed by atoms with Crippen molar-refractivity contribution in [1.29, 1.82) is 0 Å². The van der Waals surface area contributed by atoms with Crippen molar-refractivity contribution in [2.45, 2.75) is 9.79 Å². The fourth-order valence-corrected chi connectivity index (χ4v) is 4.92. The van der Waals surface area contributed by atoms with Gasteiger partial charge in [-0.2, -0.15) is 0 Å². The number of amides is 1. The Kier molecular flexibility index (Phi) is 5.83. The van der Waals surface area contributed by atoms with Crippen molar-refractivity contribution in [3.63, 3.8) is 0 Å². The van der Waals surface area contributed by atoms with Crippen molar-refractivity contribution >= 4 is 31.5 Å². The monoisotopic (exact) mass is 394 g/mol. The summed E-state index contributed by atoms with van der Waals surface area (Å²) in [7, 11) is -7.99. The van der Waals surface area contributed by atoms with Gasteiger partial charge in [0.1, 0.15) is 4.90 Å². The summed E-state index contributed by atoms with van der Waals surface area (Å²) in [6.45, 7) is 3.72. The van der Waals surface area contributed by atoms with Crippen LogP contribution in [0.1, 0.15) is 10.4 Å². The summed E-state index contributed by atoms with van der Waals surface area (Å²) in [5.74, 6) is -0.486. The molecule has 0 bridgehead atoms. The first-order valence-corrected chi connectivity index (χ1v) is 10.8. The minimum atomic E-state index is -4.23. The Morgan fingerprint density at radius 2 is 1.58 bits per heavy atom. The van der Waals surface area contributed by atoms with Crippen LogP contribution in [0.15, 0.2) is 71.0 Å². The molecule has 9 heteroatoms. The molecule has 138 valence electrons. The second-order valence-electron chi connectivity index (χ2n) is 5.37. The second-order valence-corrected chi connectivity index (χ2v) is 9.00. The van der Waals surface area contributed by atoms with Crippen molar-refractivity contribution < 1.29 is 21.6 Å². The number of nitrogens with one attached hydrogen (secondary N) is 2. The zero-order valence-corrected chi connectivity index (χ0v) is 15.6. The number of carbonyl (C=O) groups is 1. The molecule has 2 rings (SSSR count). The van der Waals surface area contributed by atoms with Gasteiger partial charge in [0.05, 0.1) is 16.1 Å². The van der Waals surface area contributed by atoms with Gasteiger partial charge >= 0.3 is 0 Å². The van der Waals surface area contributed by atoms with E-state index in [-0.39, 0.29) is 27.6 Å². The van der Waals surface area contributed by atoms with E-state index in [2.05, 4.69) is 16.6 Å². The number of hydrogen-bond donors (Lipinski definition) is 2.